The predicted molar refractivity (Wildman–Crippen MR) is 63.6 cm³/mol. The van der Waals surface area contributed by atoms with Gasteiger partial charge in [0, 0.05) is 32.8 Å². The summed E-state index contributed by atoms with van der Waals surface area (Å²) in [4.78, 5) is 2.45. The molecule has 4 heteroatoms. The van der Waals surface area contributed by atoms with Crippen LogP contribution in [0.1, 0.15) is 25.7 Å². The van der Waals surface area contributed by atoms with Gasteiger partial charge in [0.1, 0.15) is 0 Å². The number of hydrogen-bond acceptors (Lipinski definition) is 4. The standard InChI is InChI=1S/C12H25NO3/c1-15-10-11-16-9-7-13(6-3-8-14)12-4-2-5-12/h12,14H,2-11H2,1H3. The van der Waals surface area contributed by atoms with Gasteiger partial charge in [-0.1, -0.05) is 6.42 Å². The second kappa shape index (κ2) is 8.93. The van der Waals surface area contributed by atoms with Gasteiger partial charge in [-0.2, -0.15) is 0 Å². The number of nitrogens with zero attached hydrogens (tertiary/aromatic N) is 1. The molecule has 0 amide bonds. The van der Waals surface area contributed by atoms with Crippen molar-refractivity contribution in [2.45, 2.75) is 31.7 Å². The minimum absolute atomic E-state index is 0.285. The zero-order chi connectivity index (χ0) is 11.6. The monoisotopic (exact) mass is 231 g/mol. The number of methoxy groups -OCH3 is 1. The zero-order valence-corrected chi connectivity index (χ0v) is 10.4. The summed E-state index contributed by atoms with van der Waals surface area (Å²) >= 11 is 0. The highest BCUT2D eigenvalue weighted by atomic mass is 16.5. The van der Waals surface area contributed by atoms with Gasteiger partial charge in [-0.05, 0) is 19.3 Å². The maximum Gasteiger partial charge on any atom is 0.0700 e. The Bertz CT molecular complexity index is 162. The third-order valence-corrected chi connectivity index (χ3v) is 3.15. The number of rotatable bonds is 10. The van der Waals surface area contributed by atoms with Crippen molar-refractivity contribution in [1.29, 1.82) is 0 Å². The van der Waals surface area contributed by atoms with Crippen LogP contribution in [0.25, 0.3) is 0 Å². The third kappa shape index (κ3) is 5.25. The minimum atomic E-state index is 0.285. The molecule has 0 heterocycles. The number of aliphatic hydroxyl groups is 1. The fourth-order valence-corrected chi connectivity index (χ4v) is 1.93. The second-order valence-corrected chi connectivity index (χ2v) is 4.30. The Morgan fingerprint density at radius 1 is 1.19 bits per heavy atom. The minimum Gasteiger partial charge on any atom is -0.396 e. The van der Waals surface area contributed by atoms with Crippen molar-refractivity contribution in [3.63, 3.8) is 0 Å². The number of hydrogen-bond donors (Lipinski definition) is 1. The van der Waals surface area contributed by atoms with E-state index in [0.29, 0.717) is 13.2 Å². The lowest BCUT2D eigenvalue weighted by Crippen LogP contribution is -2.42. The van der Waals surface area contributed by atoms with Gasteiger partial charge in [-0.3, -0.25) is 4.90 Å². The Balaban J connectivity index is 2.06. The van der Waals surface area contributed by atoms with E-state index in [1.54, 1.807) is 7.11 Å². The SMILES string of the molecule is COCCOCCN(CCCO)C1CCC1. The number of ether oxygens (including phenoxy) is 2. The highest BCUT2D eigenvalue weighted by Crippen LogP contribution is 2.24. The van der Waals surface area contributed by atoms with Crippen LogP contribution in [-0.2, 0) is 9.47 Å². The summed E-state index contributed by atoms with van der Waals surface area (Å²) in [6, 6.07) is 0.734. The molecule has 0 aromatic rings. The molecule has 0 unspecified atom stereocenters. The summed E-state index contributed by atoms with van der Waals surface area (Å²) in [6.07, 6.45) is 4.84. The normalized spacial score (nSPS) is 16.7. The van der Waals surface area contributed by atoms with E-state index in [1.807, 2.05) is 0 Å². The van der Waals surface area contributed by atoms with Crippen LogP contribution in [0, 0.1) is 0 Å². The van der Waals surface area contributed by atoms with Gasteiger partial charge in [0.25, 0.3) is 0 Å². The molecule has 1 fully saturated rings. The summed E-state index contributed by atoms with van der Waals surface area (Å²) < 4.78 is 10.4. The predicted octanol–water partition coefficient (Wildman–Crippen LogP) is 0.886. The molecule has 0 spiro atoms. The molecule has 1 rings (SSSR count). The lowest BCUT2D eigenvalue weighted by atomic mass is 9.91. The zero-order valence-electron chi connectivity index (χ0n) is 10.4. The Hall–Kier alpha value is -0.160. The van der Waals surface area contributed by atoms with E-state index in [9.17, 15) is 0 Å². The Morgan fingerprint density at radius 3 is 2.56 bits per heavy atom. The maximum absolute atomic E-state index is 8.85. The molecular weight excluding hydrogens is 206 g/mol. The van der Waals surface area contributed by atoms with Crippen molar-refractivity contribution in [3.8, 4) is 0 Å². The van der Waals surface area contributed by atoms with Crippen LogP contribution in [0.15, 0.2) is 0 Å². The van der Waals surface area contributed by atoms with Gasteiger partial charge >= 0.3 is 0 Å². The molecule has 0 aromatic carbocycles. The van der Waals surface area contributed by atoms with E-state index >= 15 is 0 Å². The first-order chi connectivity index (χ1) is 7.88. The van der Waals surface area contributed by atoms with Gasteiger partial charge < -0.3 is 14.6 Å². The summed E-state index contributed by atoms with van der Waals surface area (Å²) in [5, 5.41) is 8.85. The molecule has 0 atom stereocenters. The van der Waals surface area contributed by atoms with Gasteiger partial charge in [0.2, 0.25) is 0 Å². The van der Waals surface area contributed by atoms with Crippen molar-refractivity contribution in [2.24, 2.45) is 0 Å². The van der Waals surface area contributed by atoms with Crippen LogP contribution >= 0.6 is 0 Å². The topological polar surface area (TPSA) is 41.9 Å². The van der Waals surface area contributed by atoms with Crippen LogP contribution in [-0.4, -0.2) is 62.7 Å². The molecule has 96 valence electrons. The van der Waals surface area contributed by atoms with Gasteiger partial charge in [-0.15, -0.1) is 0 Å². The quantitative estimate of drug-likeness (QED) is 0.567. The highest BCUT2D eigenvalue weighted by molar-refractivity contribution is 4.79. The van der Waals surface area contributed by atoms with Gasteiger partial charge in [-0.25, -0.2) is 0 Å². The summed E-state index contributed by atoms with van der Waals surface area (Å²) in [6.45, 7) is 4.37. The van der Waals surface area contributed by atoms with Crippen molar-refractivity contribution >= 4 is 0 Å². The lowest BCUT2D eigenvalue weighted by Gasteiger charge is -2.37. The van der Waals surface area contributed by atoms with E-state index in [1.165, 1.54) is 19.3 Å². The van der Waals surface area contributed by atoms with E-state index in [4.69, 9.17) is 14.6 Å². The van der Waals surface area contributed by atoms with Crippen LogP contribution in [0.3, 0.4) is 0 Å². The van der Waals surface area contributed by atoms with E-state index in [0.717, 1.165) is 32.2 Å². The molecule has 16 heavy (non-hydrogen) atoms. The fourth-order valence-electron chi connectivity index (χ4n) is 1.93. The molecule has 1 N–H and O–H groups in total. The summed E-state index contributed by atoms with van der Waals surface area (Å²) in [5.74, 6) is 0. The van der Waals surface area contributed by atoms with E-state index < -0.39 is 0 Å². The number of aliphatic hydroxyl groups excluding tert-OH is 1. The Kier molecular flexibility index (Phi) is 7.76. The molecule has 0 saturated heterocycles. The third-order valence-electron chi connectivity index (χ3n) is 3.15. The molecule has 1 saturated carbocycles. The summed E-state index contributed by atoms with van der Waals surface area (Å²) in [5.41, 5.74) is 0. The van der Waals surface area contributed by atoms with Crippen molar-refractivity contribution in [1.82, 2.24) is 4.90 Å². The maximum atomic E-state index is 8.85. The van der Waals surface area contributed by atoms with E-state index in [-0.39, 0.29) is 6.61 Å². The van der Waals surface area contributed by atoms with Gasteiger partial charge in [0.15, 0.2) is 0 Å². The van der Waals surface area contributed by atoms with Crippen LogP contribution < -0.4 is 0 Å². The Labute approximate surface area is 98.5 Å². The molecule has 1 aliphatic carbocycles. The Morgan fingerprint density at radius 2 is 2.00 bits per heavy atom. The van der Waals surface area contributed by atoms with Crippen molar-refractivity contribution in [3.05, 3.63) is 0 Å². The highest BCUT2D eigenvalue weighted by Gasteiger charge is 2.23. The molecule has 4 nitrogen and oxygen atoms in total. The largest absolute Gasteiger partial charge is 0.396 e. The molecule has 0 aliphatic heterocycles. The average Bonchev–Trinajstić information content (AvgIpc) is 2.22. The lowest BCUT2D eigenvalue weighted by molar-refractivity contribution is 0.0367. The van der Waals surface area contributed by atoms with Gasteiger partial charge in [0.05, 0.1) is 19.8 Å². The van der Waals surface area contributed by atoms with Crippen molar-refractivity contribution < 1.29 is 14.6 Å². The first kappa shape index (κ1) is 13.9. The first-order valence-corrected chi connectivity index (χ1v) is 6.30. The van der Waals surface area contributed by atoms with Crippen LogP contribution in [0.2, 0.25) is 0 Å². The summed E-state index contributed by atoms with van der Waals surface area (Å²) in [7, 11) is 1.69. The first-order valence-electron chi connectivity index (χ1n) is 6.30. The van der Waals surface area contributed by atoms with Crippen LogP contribution in [0.5, 0.6) is 0 Å². The van der Waals surface area contributed by atoms with Crippen LogP contribution in [0.4, 0.5) is 0 Å². The molecule has 0 radical (unpaired) electrons. The van der Waals surface area contributed by atoms with Crippen molar-refractivity contribution in [2.75, 3.05) is 46.6 Å². The fraction of sp³-hybridized carbons (Fsp3) is 1.00. The molecular formula is C12H25NO3. The molecule has 0 bridgehead atoms. The smallest absolute Gasteiger partial charge is 0.0700 e. The molecule has 0 aromatic heterocycles. The van der Waals surface area contributed by atoms with E-state index in [2.05, 4.69) is 4.90 Å². The second-order valence-electron chi connectivity index (χ2n) is 4.30. The average molecular weight is 231 g/mol. The molecule has 1 aliphatic rings.